The van der Waals surface area contributed by atoms with Gasteiger partial charge in [-0.1, -0.05) is 33.4 Å². The molecule has 1 aliphatic heterocycles. The van der Waals surface area contributed by atoms with E-state index in [9.17, 15) is 23.5 Å². The molecule has 0 saturated carbocycles. The SMILES string of the molecule is CC(C)(CN)SSCOCC#Cc1cn([C@H]2CC(ON)[C@@H](COP(=O)(O)OP(=O)(O)OP(=O)(O)O)O2)c2ncnc(N)c12. The zero-order chi connectivity index (χ0) is 32.1. The maximum Gasteiger partial charge on any atom is 0.490 e. The minimum Gasteiger partial charge on any atom is -0.383 e. The summed E-state index contributed by atoms with van der Waals surface area (Å²) in [5, 5.41) is 0.440. The van der Waals surface area contributed by atoms with Gasteiger partial charge in [-0.3, -0.25) is 9.36 Å². The molecule has 0 amide bonds. The molecule has 3 rings (SSSR count). The molecule has 0 radical (unpaired) electrons. The standard InChI is InChI=1S/C19H31N6O13P3S2/c1-19(2,9-20)43-42-11-33-5-3-4-12-7-25(18-16(12)17(21)23-10-24-18)15-6-13(36-22)14(35-15)8-34-40(29,30)38-41(31,32)37-39(26,27)28/h7,10,13-15H,5-6,8-9,11,20,22H2,1-2H3,(H,29,30)(H,31,32)(H2,21,23,24)(H2,26,27,28)/t13?,14-,15-/m1/s1. The molecule has 3 heterocycles. The maximum absolute atomic E-state index is 12.1. The van der Waals surface area contributed by atoms with Gasteiger partial charge < -0.3 is 45.1 Å². The molecule has 2 aromatic heterocycles. The second-order valence-corrected chi connectivity index (χ2v) is 16.6. The van der Waals surface area contributed by atoms with E-state index in [4.69, 9.17) is 41.5 Å². The van der Waals surface area contributed by atoms with Gasteiger partial charge in [-0.05, 0) is 13.8 Å². The van der Waals surface area contributed by atoms with Crippen LogP contribution in [0, 0.1) is 11.8 Å². The third kappa shape index (κ3) is 11.0. The fourth-order valence-corrected chi connectivity index (χ4v) is 8.66. The number of hydrogen-bond acceptors (Lipinski definition) is 16. The molecular weight excluding hydrogens is 677 g/mol. The molecule has 0 aliphatic carbocycles. The highest BCUT2D eigenvalue weighted by atomic mass is 33.1. The lowest BCUT2D eigenvalue weighted by Gasteiger charge is -2.20. The summed E-state index contributed by atoms with van der Waals surface area (Å²) in [5.41, 5.74) is 12.6. The van der Waals surface area contributed by atoms with E-state index < -0.39 is 48.5 Å². The molecule has 24 heteroatoms. The number of nitrogen functional groups attached to an aromatic ring is 1. The van der Waals surface area contributed by atoms with Crippen LogP contribution in [0.1, 0.15) is 32.1 Å². The normalized spacial score (nSPS) is 22.2. The molecule has 0 spiro atoms. The Hall–Kier alpha value is -1.11. The lowest BCUT2D eigenvalue weighted by atomic mass is 10.2. The van der Waals surface area contributed by atoms with Gasteiger partial charge in [-0.25, -0.2) is 29.6 Å². The fourth-order valence-electron chi connectivity index (χ4n) is 3.53. The maximum atomic E-state index is 12.1. The Labute approximate surface area is 253 Å². The van der Waals surface area contributed by atoms with E-state index in [1.54, 1.807) is 21.6 Å². The van der Waals surface area contributed by atoms with Crippen molar-refractivity contribution in [1.29, 1.82) is 0 Å². The van der Waals surface area contributed by atoms with Gasteiger partial charge in [0.2, 0.25) is 0 Å². The van der Waals surface area contributed by atoms with Crippen LogP contribution >= 0.6 is 45.1 Å². The smallest absolute Gasteiger partial charge is 0.383 e. The average molecular weight is 709 g/mol. The van der Waals surface area contributed by atoms with Crippen LogP contribution in [0.15, 0.2) is 12.5 Å². The first-order chi connectivity index (χ1) is 20.0. The van der Waals surface area contributed by atoms with Crippen molar-refractivity contribution in [3.05, 3.63) is 18.1 Å². The molecule has 242 valence electrons. The molecule has 5 atom stereocenters. The van der Waals surface area contributed by atoms with Gasteiger partial charge in [-0.2, -0.15) is 8.62 Å². The van der Waals surface area contributed by atoms with Gasteiger partial charge in [0.05, 0.1) is 17.6 Å². The van der Waals surface area contributed by atoms with Gasteiger partial charge in [0.25, 0.3) is 0 Å². The van der Waals surface area contributed by atoms with Crippen LogP contribution in [0.5, 0.6) is 0 Å². The molecule has 19 nitrogen and oxygen atoms in total. The van der Waals surface area contributed by atoms with Crippen molar-refractivity contribution in [2.24, 2.45) is 11.6 Å². The lowest BCUT2D eigenvalue weighted by molar-refractivity contribution is -0.0599. The first kappa shape index (κ1) is 36.4. The minimum absolute atomic E-state index is 0.0820. The number of hydrogen-bond donors (Lipinski definition) is 7. The molecule has 1 aliphatic rings. The number of aromatic nitrogens is 3. The fraction of sp³-hybridized carbons (Fsp3) is 0.579. The van der Waals surface area contributed by atoms with Crippen molar-refractivity contribution in [2.45, 2.75) is 43.5 Å². The van der Waals surface area contributed by atoms with Crippen LogP contribution in [-0.4, -0.2) is 76.8 Å². The van der Waals surface area contributed by atoms with Crippen molar-refractivity contribution in [3.8, 4) is 11.8 Å². The van der Waals surface area contributed by atoms with E-state index in [1.807, 2.05) is 13.8 Å². The van der Waals surface area contributed by atoms with Gasteiger partial charge in [0, 0.05) is 23.9 Å². The number of phosphoric ester groups is 1. The van der Waals surface area contributed by atoms with Crippen molar-refractivity contribution >= 4 is 61.9 Å². The third-order valence-electron chi connectivity index (χ3n) is 5.43. The molecule has 3 unspecified atom stereocenters. The van der Waals surface area contributed by atoms with E-state index in [2.05, 4.69) is 35.0 Å². The summed E-state index contributed by atoms with van der Waals surface area (Å²) < 4.78 is 59.5. The van der Waals surface area contributed by atoms with E-state index >= 15 is 0 Å². The Balaban J connectivity index is 1.69. The van der Waals surface area contributed by atoms with Crippen molar-refractivity contribution in [3.63, 3.8) is 0 Å². The van der Waals surface area contributed by atoms with Gasteiger partial charge in [0.15, 0.2) is 0 Å². The highest BCUT2D eigenvalue weighted by Gasteiger charge is 2.43. The van der Waals surface area contributed by atoms with E-state index in [1.165, 1.54) is 17.1 Å². The minimum atomic E-state index is -5.69. The quantitative estimate of drug-likeness (QED) is 0.0343. The number of rotatable bonds is 15. The number of nitrogens with two attached hydrogens (primary N) is 3. The molecule has 1 saturated heterocycles. The summed E-state index contributed by atoms with van der Waals surface area (Å²) in [4.78, 5) is 49.6. The first-order valence-corrected chi connectivity index (χ1v) is 18.8. The second-order valence-electron chi connectivity index (χ2n) is 9.27. The van der Waals surface area contributed by atoms with Crippen molar-refractivity contribution in [2.75, 3.05) is 31.4 Å². The second kappa shape index (κ2) is 15.0. The van der Waals surface area contributed by atoms with E-state index in [0.29, 0.717) is 29.1 Å². The van der Waals surface area contributed by atoms with Gasteiger partial charge in [-0.15, -0.1) is 0 Å². The van der Waals surface area contributed by atoms with Gasteiger partial charge >= 0.3 is 23.5 Å². The van der Waals surface area contributed by atoms with Crippen LogP contribution in [0.25, 0.3) is 11.0 Å². The Kier molecular flexibility index (Phi) is 12.7. The Morgan fingerprint density at radius 1 is 1.19 bits per heavy atom. The lowest BCUT2D eigenvalue weighted by Crippen LogP contribution is -2.31. The van der Waals surface area contributed by atoms with Crippen LogP contribution in [-0.2, 0) is 41.2 Å². The summed E-state index contributed by atoms with van der Waals surface area (Å²) in [7, 11) is -13.5. The largest absolute Gasteiger partial charge is 0.490 e. The number of fused-ring (bicyclic) bond motifs is 1. The van der Waals surface area contributed by atoms with Crippen molar-refractivity contribution in [1.82, 2.24) is 14.5 Å². The van der Waals surface area contributed by atoms with Crippen LogP contribution in [0.3, 0.4) is 0 Å². The van der Waals surface area contributed by atoms with Gasteiger partial charge in [0.1, 0.15) is 48.8 Å². The zero-order valence-corrected chi connectivity index (χ0v) is 26.9. The van der Waals surface area contributed by atoms with E-state index in [-0.39, 0.29) is 23.6 Å². The molecule has 0 bridgehead atoms. The Morgan fingerprint density at radius 2 is 1.91 bits per heavy atom. The van der Waals surface area contributed by atoms with Crippen LogP contribution < -0.4 is 17.4 Å². The highest BCUT2D eigenvalue weighted by molar-refractivity contribution is 8.77. The molecule has 1 fully saturated rings. The summed E-state index contributed by atoms with van der Waals surface area (Å²) >= 11 is 0. The van der Waals surface area contributed by atoms with Crippen LogP contribution in [0.2, 0.25) is 0 Å². The molecule has 0 aromatic carbocycles. The average Bonchev–Trinajstić information content (AvgIpc) is 3.46. The molecule has 10 N–H and O–H groups in total. The highest BCUT2D eigenvalue weighted by Crippen LogP contribution is 2.66. The molecule has 43 heavy (non-hydrogen) atoms. The topological polar surface area (TPSA) is 296 Å². The van der Waals surface area contributed by atoms with Crippen molar-refractivity contribution < 1.29 is 60.7 Å². The molecule has 2 aromatic rings. The Morgan fingerprint density at radius 3 is 2.56 bits per heavy atom. The number of ether oxygens (including phenoxy) is 2. The van der Waals surface area contributed by atoms with E-state index in [0.717, 1.165) is 0 Å². The zero-order valence-electron chi connectivity index (χ0n) is 22.6. The number of nitrogens with zero attached hydrogens (tertiary/aromatic N) is 3. The summed E-state index contributed by atoms with van der Waals surface area (Å²) in [6.45, 7) is 3.95. The summed E-state index contributed by atoms with van der Waals surface area (Å²) in [5.74, 6) is 11.8. The predicted molar refractivity (Wildman–Crippen MR) is 155 cm³/mol. The summed E-state index contributed by atoms with van der Waals surface area (Å²) in [6, 6.07) is 0. The number of anilines is 1. The summed E-state index contributed by atoms with van der Waals surface area (Å²) in [6.07, 6.45) is 0.0605. The predicted octanol–water partition coefficient (Wildman–Crippen LogP) is 1.35. The monoisotopic (exact) mass is 708 g/mol. The molecular formula is C19H31N6O13P3S2. The third-order valence-corrected chi connectivity index (χ3v) is 12.2. The Bertz CT molecular complexity index is 1480. The first-order valence-electron chi connectivity index (χ1n) is 11.9. The van der Waals surface area contributed by atoms with Crippen LogP contribution in [0.4, 0.5) is 5.82 Å². The number of phosphoric acid groups is 3.